The maximum absolute atomic E-state index is 13.0. The fraction of sp³-hybridized carbons (Fsp3) is 0.438. The summed E-state index contributed by atoms with van der Waals surface area (Å²) in [4.78, 5) is 14.1. The van der Waals surface area contributed by atoms with Crippen LogP contribution in [-0.4, -0.2) is 27.7 Å². The molecule has 2 amide bonds. The number of aryl methyl sites for hydroxylation is 1. The Morgan fingerprint density at radius 1 is 1.30 bits per heavy atom. The molecule has 0 aliphatic carbocycles. The quantitative estimate of drug-likeness (QED) is 0.858. The summed E-state index contributed by atoms with van der Waals surface area (Å²) in [6, 6.07) is 5.80. The summed E-state index contributed by atoms with van der Waals surface area (Å²) in [7, 11) is 0. The monoisotopic (exact) mass is 336 g/mol. The lowest BCUT2D eigenvalue weighted by Crippen LogP contribution is -2.36. The van der Waals surface area contributed by atoms with Gasteiger partial charge in [-0.2, -0.15) is 0 Å². The minimum atomic E-state index is -0.286. The van der Waals surface area contributed by atoms with Crippen molar-refractivity contribution >= 4 is 22.5 Å². The largest absolute Gasteiger partial charge is 0.324 e. The number of urea groups is 1. The number of hydrogen-bond donors (Lipinski definition) is 1. The molecule has 1 N–H and O–H groups in total. The summed E-state index contributed by atoms with van der Waals surface area (Å²) in [5, 5.41) is 12.3. The lowest BCUT2D eigenvalue weighted by Gasteiger charge is -2.28. The van der Waals surface area contributed by atoms with E-state index < -0.39 is 0 Å². The van der Waals surface area contributed by atoms with E-state index in [4.69, 9.17) is 0 Å². The van der Waals surface area contributed by atoms with E-state index in [0.717, 1.165) is 23.4 Å². The Morgan fingerprint density at radius 3 is 2.61 bits per heavy atom. The van der Waals surface area contributed by atoms with Gasteiger partial charge in [0.25, 0.3) is 0 Å². The Balaban J connectivity index is 2.06. The number of amides is 2. The number of halogens is 1. The second-order valence-electron chi connectivity index (χ2n) is 5.19. The van der Waals surface area contributed by atoms with E-state index in [0.29, 0.717) is 11.7 Å². The van der Waals surface area contributed by atoms with Crippen LogP contribution in [0.5, 0.6) is 0 Å². The predicted molar refractivity (Wildman–Crippen MR) is 90.1 cm³/mol. The molecular formula is C16H21FN4OS. The van der Waals surface area contributed by atoms with Gasteiger partial charge in [-0.15, -0.1) is 10.2 Å². The van der Waals surface area contributed by atoms with Crippen molar-refractivity contribution in [2.75, 3.05) is 11.9 Å². The number of carbonyl (C=O) groups excluding carboxylic acids is 1. The average Bonchev–Trinajstić information content (AvgIpc) is 2.96. The van der Waals surface area contributed by atoms with Gasteiger partial charge in [-0.05, 0) is 38.0 Å². The van der Waals surface area contributed by atoms with Crippen LogP contribution in [0.15, 0.2) is 24.3 Å². The van der Waals surface area contributed by atoms with Crippen molar-refractivity contribution in [3.8, 4) is 0 Å². The van der Waals surface area contributed by atoms with E-state index in [1.54, 1.807) is 17.0 Å². The number of benzene rings is 1. The Morgan fingerprint density at radius 2 is 2.00 bits per heavy atom. The third-order valence-corrected chi connectivity index (χ3v) is 4.46. The van der Waals surface area contributed by atoms with Crippen molar-refractivity contribution in [2.45, 2.75) is 39.7 Å². The van der Waals surface area contributed by atoms with Gasteiger partial charge in [0.2, 0.25) is 5.13 Å². The average molecular weight is 336 g/mol. The molecule has 0 radical (unpaired) electrons. The maximum Gasteiger partial charge on any atom is 0.324 e. The number of carbonyl (C=O) groups is 1. The number of anilines is 1. The van der Waals surface area contributed by atoms with Crippen LogP contribution in [0.3, 0.4) is 0 Å². The van der Waals surface area contributed by atoms with Crippen LogP contribution in [0, 0.1) is 5.82 Å². The van der Waals surface area contributed by atoms with E-state index >= 15 is 0 Å². The van der Waals surface area contributed by atoms with E-state index in [9.17, 15) is 9.18 Å². The van der Waals surface area contributed by atoms with Crippen LogP contribution in [0.1, 0.15) is 43.8 Å². The minimum Gasteiger partial charge on any atom is -0.318 e. The Kier molecular flexibility index (Phi) is 6.04. The summed E-state index contributed by atoms with van der Waals surface area (Å²) in [6.07, 6.45) is 1.85. The van der Waals surface area contributed by atoms with Crippen molar-refractivity contribution in [1.29, 1.82) is 0 Å². The number of rotatable bonds is 6. The van der Waals surface area contributed by atoms with Crippen molar-refractivity contribution in [2.24, 2.45) is 0 Å². The van der Waals surface area contributed by atoms with Gasteiger partial charge in [-0.1, -0.05) is 30.4 Å². The fourth-order valence-corrected chi connectivity index (χ4v) is 3.13. The second kappa shape index (κ2) is 8.01. The van der Waals surface area contributed by atoms with Crippen molar-refractivity contribution in [3.63, 3.8) is 0 Å². The normalized spacial score (nSPS) is 12.0. The van der Waals surface area contributed by atoms with Crippen molar-refractivity contribution < 1.29 is 9.18 Å². The fourth-order valence-electron chi connectivity index (χ4n) is 2.30. The molecule has 1 unspecified atom stereocenters. The van der Waals surface area contributed by atoms with E-state index in [-0.39, 0.29) is 17.9 Å². The first-order valence-corrected chi connectivity index (χ1v) is 8.52. The standard InChI is InChI=1S/C16H21FN4OS/c1-4-6-14-19-20-15(23-14)18-16(22)21(5-2)11(3)12-7-9-13(17)10-8-12/h7-11H,4-6H2,1-3H3,(H,18,20,22). The number of hydrogen-bond acceptors (Lipinski definition) is 4. The molecule has 0 spiro atoms. The lowest BCUT2D eigenvalue weighted by atomic mass is 10.1. The topological polar surface area (TPSA) is 58.1 Å². The van der Waals surface area contributed by atoms with Gasteiger partial charge in [0, 0.05) is 13.0 Å². The van der Waals surface area contributed by atoms with Crippen LogP contribution in [0.4, 0.5) is 14.3 Å². The molecule has 0 saturated carbocycles. The highest BCUT2D eigenvalue weighted by atomic mass is 32.1. The SMILES string of the molecule is CCCc1nnc(NC(=O)N(CC)C(C)c2ccc(F)cc2)s1. The molecule has 124 valence electrons. The first kappa shape index (κ1) is 17.3. The molecule has 0 fully saturated rings. The summed E-state index contributed by atoms with van der Waals surface area (Å²) in [5.41, 5.74) is 0.882. The Labute approximate surface area is 139 Å². The lowest BCUT2D eigenvalue weighted by molar-refractivity contribution is 0.197. The molecule has 2 aromatic rings. The predicted octanol–water partition coefficient (Wildman–Crippen LogP) is 4.24. The highest BCUT2D eigenvalue weighted by molar-refractivity contribution is 7.15. The molecular weight excluding hydrogens is 315 g/mol. The zero-order valence-corrected chi connectivity index (χ0v) is 14.4. The summed E-state index contributed by atoms with van der Waals surface area (Å²) in [6.45, 7) is 6.43. The van der Waals surface area contributed by atoms with Crippen LogP contribution in [-0.2, 0) is 6.42 Å². The van der Waals surface area contributed by atoms with Gasteiger partial charge in [-0.3, -0.25) is 5.32 Å². The smallest absolute Gasteiger partial charge is 0.318 e. The number of nitrogens with zero attached hydrogens (tertiary/aromatic N) is 3. The van der Waals surface area contributed by atoms with Crippen LogP contribution in [0.25, 0.3) is 0 Å². The molecule has 0 saturated heterocycles. The molecule has 1 aromatic heterocycles. The first-order valence-electron chi connectivity index (χ1n) is 7.70. The molecule has 23 heavy (non-hydrogen) atoms. The van der Waals surface area contributed by atoms with E-state index in [2.05, 4.69) is 22.4 Å². The van der Waals surface area contributed by atoms with Crippen LogP contribution >= 0.6 is 11.3 Å². The molecule has 0 aliphatic heterocycles. The summed E-state index contributed by atoms with van der Waals surface area (Å²) in [5.74, 6) is -0.286. The van der Waals surface area contributed by atoms with Gasteiger partial charge in [0.15, 0.2) is 0 Å². The maximum atomic E-state index is 13.0. The Hall–Kier alpha value is -2.02. The molecule has 7 heteroatoms. The zero-order chi connectivity index (χ0) is 16.8. The number of nitrogens with one attached hydrogen (secondary N) is 1. The highest BCUT2D eigenvalue weighted by Crippen LogP contribution is 2.22. The molecule has 2 rings (SSSR count). The van der Waals surface area contributed by atoms with E-state index in [1.807, 2.05) is 13.8 Å². The zero-order valence-electron chi connectivity index (χ0n) is 13.5. The van der Waals surface area contributed by atoms with Crippen LogP contribution < -0.4 is 5.32 Å². The molecule has 1 atom stereocenters. The van der Waals surface area contributed by atoms with Gasteiger partial charge < -0.3 is 4.90 Å². The molecule has 5 nitrogen and oxygen atoms in total. The van der Waals surface area contributed by atoms with Gasteiger partial charge in [0.1, 0.15) is 10.8 Å². The molecule has 0 bridgehead atoms. The van der Waals surface area contributed by atoms with Gasteiger partial charge in [-0.25, -0.2) is 9.18 Å². The molecule has 0 aliphatic rings. The third kappa shape index (κ3) is 4.48. The van der Waals surface area contributed by atoms with Crippen LogP contribution in [0.2, 0.25) is 0 Å². The minimum absolute atomic E-state index is 0.163. The summed E-state index contributed by atoms with van der Waals surface area (Å²) < 4.78 is 13.0. The third-order valence-electron chi connectivity index (χ3n) is 3.57. The second-order valence-corrected chi connectivity index (χ2v) is 6.26. The first-order chi connectivity index (χ1) is 11.0. The molecule has 1 aromatic carbocycles. The van der Waals surface area contributed by atoms with E-state index in [1.165, 1.54) is 23.5 Å². The van der Waals surface area contributed by atoms with Crippen molar-refractivity contribution in [3.05, 3.63) is 40.7 Å². The molecule has 1 heterocycles. The van der Waals surface area contributed by atoms with Gasteiger partial charge >= 0.3 is 6.03 Å². The van der Waals surface area contributed by atoms with Gasteiger partial charge in [0.05, 0.1) is 6.04 Å². The number of aromatic nitrogens is 2. The van der Waals surface area contributed by atoms with Crippen molar-refractivity contribution in [1.82, 2.24) is 15.1 Å². The Bertz CT molecular complexity index is 644. The summed E-state index contributed by atoms with van der Waals surface area (Å²) >= 11 is 1.39. The highest BCUT2D eigenvalue weighted by Gasteiger charge is 2.21.